The lowest BCUT2D eigenvalue weighted by molar-refractivity contribution is -0.115. The van der Waals surface area contributed by atoms with Crippen molar-refractivity contribution < 1.29 is 4.79 Å². The number of benzene rings is 1. The maximum absolute atomic E-state index is 11.8. The largest absolute Gasteiger partial charge is 0.341 e. The molecule has 2 aromatic rings. The fourth-order valence-electron chi connectivity index (χ4n) is 1.94. The lowest BCUT2D eigenvalue weighted by Gasteiger charge is -2.13. The molecule has 5 nitrogen and oxygen atoms in total. The minimum absolute atomic E-state index is 0.0242. The molecule has 2 rings (SSSR count). The smallest absolute Gasteiger partial charge is 0.238 e. The van der Waals surface area contributed by atoms with E-state index >= 15 is 0 Å². The molecule has 0 unspecified atom stereocenters. The van der Waals surface area contributed by atoms with Crippen molar-refractivity contribution in [3.05, 3.63) is 24.0 Å². The highest BCUT2D eigenvalue weighted by Gasteiger charge is 2.18. The van der Waals surface area contributed by atoms with Crippen LogP contribution in [0, 0.1) is 0 Å². The van der Waals surface area contributed by atoms with E-state index < -0.39 is 0 Å². The average molecular weight is 288 g/mol. The van der Waals surface area contributed by atoms with Crippen molar-refractivity contribution in [2.75, 3.05) is 11.9 Å². The third-order valence-electron chi connectivity index (χ3n) is 3.15. The molecule has 1 amide bonds. The van der Waals surface area contributed by atoms with Crippen LogP contribution in [0.2, 0.25) is 0 Å². The predicted molar refractivity (Wildman–Crippen MR) is 86.6 cm³/mol. The molecule has 0 aliphatic heterocycles. The topological polar surface area (TPSA) is 69.8 Å². The van der Waals surface area contributed by atoms with Crippen molar-refractivity contribution in [1.82, 2.24) is 15.3 Å². The van der Waals surface area contributed by atoms with Crippen LogP contribution < -0.4 is 10.6 Å². The quantitative estimate of drug-likeness (QED) is 0.810. The Hall–Kier alpha value is -1.88. The number of carbonyl (C=O) groups excluding carboxylic acids is 1. The molecule has 0 aliphatic carbocycles. The summed E-state index contributed by atoms with van der Waals surface area (Å²) in [7, 11) is 0. The molecule has 1 heterocycles. The van der Waals surface area contributed by atoms with E-state index in [4.69, 9.17) is 0 Å². The average Bonchev–Trinajstić information content (AvgIpc) is 2.79. The summed E-state index contributed by atoms with van der Waals surface area (Å²) < 4.78 is 0. The molecule has 0 saturated heterocycles. The first-order chi connectivity index (χ1) is 9.75. The molecule has 0 saturated carbocycles. The van der Waals surface area contributed by atoms with E-state index in [2.05, 4.69) is 41.4 Å². The number of rotatable bonds is 4. The van der Waals surface area contributed by atoms with Gasteiger partial charge in [0.2, 0.25) is 5.91 Å². The highest BCUT2D eigenvalue weighted by Crippen LogP contribution is 2.24. The number of fused-ring (bicyclic) bond motifs is 1. The highest BCUT2D eigenvalue weighted by atomic mass is 16.1. The van der Waals surface area contributed by atoms with Gasteiger partial charge in [0.05, 0.1) is 17.6 Å². The van der Waals surface area contributed by atoms with Crippen molar-refractivity contribution >= 4 is 22.6 Å². The van der Waals surface area contributed by atoms with Gasteiger partial charge >= 0.3 is 0 Å². The van der Waals surface area contributed by atoms with E-state index in [1.165, 1.54) is 0 Å². The van der Waals surface area contributed by atoms with Crippen molar-refractivity contribution in [2.45, 2.75) is 46.1 Å². The number of carbonyl (C=O) groups is 1. The lowest BCUT2D eigenvalue weighted by atomic mass is 9.96. The minimum Gasteiger partial charge on any atom is -0.341 e. The number of amides is 1. The summed E-state index contributed by atoms with van der Waals surface area (Å²) in [6, 6.07) is 6.01. The van der Waals surface area contributed by atoms with Crippen molar-refractivity contribution in [3.8, 4) is 0 Å². The van der Waals surface area contributed by atoms with Crippen molar-refractivity contribution in [2.24, 2.45) is 0 Å². The van der Waals surface area contributed by atoms with Gasteiger partial charge in [-0.2, -0.15) is 0 Å². The van der Waals surface area contributed by atoms with Crippen LogP contribution in [0.4, 0.5) is 5.69 Å². The number of aromatic nitrogens is 2. The minimum atomic E-state index is -0.0430. The van der Waals surface area contributed by atoms with Crippen LogP contribution in [0.5, 0.6) is 0 Å². The molecule has 0 aliphatic rings. The molecule has 21 heavy (non-hydrogen) atoms. The fourth-order valence-corrected chi connectivity index (χ4v) is 1.94. The molecule has 1 aromatic carbocycles. The van der Waals surface area contributed by atoms with Crippen LogP contribution in [0.3, 0.4) is 0 Å². The number of hydrogen-bond donors (Lipinski definition) is 3. The molecule has 0 bridgehead atoms. The third kappa shape index (κ3) is 4.04. The molecule has 5 heteroatoms. The summed E-state index contributed by atoms with van der Waals surface area (Å²) in [4.78, 5) is 19.7. The normalized spacial score (nSPS) is 12.1. The number of aromatic amines is 1. The van der Waals surface area contributed by atoms with E-state index in [-0.39, 0.29) is 11.3 Å². The van der Waals surface area contributed by atoms with Gasteiger partial charge in [-0.25, -0.2) is 4.98 Å². The van der Waals surface area contributed by atoms with Gasteiger partial charge in [0.1, 0.15) is 5.82 Å². The van der Waals surface area contributed by atoms with Gasteiger partial charge in [0.25, 0.3) is 0 Å². The van der Waals surface area contributed by atoms with Gasteiger partial charge in [-0.1, -0.05) is 34.6 Å². The maximum atomic E-state index is 11.8. The van der Waals surface area contributed by atoms with Gasteiger partial charge < -0.3 is 15.6 Å². The summed E-state index contributed by atoms with van der Waals surface area (Å²) in [6.07, 6.45) is 0. The standard InChI is InChI=1S/C16H24N4O/c1-10(2)17-9-14(21)18-11-6-7-12-13(8-11)20-15(19-12)16(3,4)5/h6-8,10,17H,9H2,1-5H3,(H,18,21)(H,19,20). The predicted octanol–water partition coefficient (Wildman–Crippen LogP) is 2.80. The Labute approximate surface area is 125 Å². The Morgan fingerprint density at radius 2 is 2.05 bits per heavy atom. The van der Waals surface area contributed by atoms with Crippen LogP contribution in [-0.2, 0) is 10.2 Å². The van der Waals surface area contributed by atoms with E-state index in [9.17, 15) is 4.79 Å². The van der Waals surface area contributed by atoms with Gasteiger partial charge in [-0.15, -0.1) is 0 Å². The number of nitrogens with zero attached hydrogens (tertiary/aromatic N) is 1. The summed E-state index contributed by atoms with van der Waals surface area (Å²) in [5, 5.41) is 5.98. The monoisotopic (exact) mass is 288 g/mol. The summed E-state index contributed by atoms with van der Waals surface area (Å²) in [5.41, 5.74) is 2.61. The first kappa shape index (κ1) is 15.5. The third-order valence-corrected chi connectivity index (χ3v) is 3.15. The Morgan fingerprint density at radius 3 is 2.67 bits per heavy atom. The number of imidazole rings is 1. The van der Waals surface area contributed by atoms with Crippen LogP contribution in [-0.4, -0.2) is 28.5 Å². The van der Waals surface area contributed by atoms with Crippen LogP contribution in [0.25, 0.3) is 11.0 Å². The van der Waals surface area contributed by atoms with Gasteiger partial charge in [-0.3, -0.25) is 4.79 Å². The number of anilines is 1. The van der Waals surface area contributed by atoms with Gasteiger partial charge in [0, 0.05) is 17.1 Å². The second-order valence-corrected chi connectivity index (χ2v) is 6.65. The molecule has 0 radical (unpaired) electrons. The van der Waals surface area contributed by atoms with Crippen LogP contribution in [0.15, 0.2) is 18.2 Å². The second kappa shape index (κ2) is 5.85. The molecule has 0 spiro atoms. The zero-order valence-electron chi connectivity index (χ0n) is 13.4. The number of H-pyrrole nitrogens is 1. The molecule has 0 atom stereocenters. The zero-order valence-corrected chi connectivity index (χ0v) is 13.4. The molecule has 3 N–H and O–H groups in total. The van der Waals surface area contributed by atoms with E-state index in [1.807, 2.05) is 32.0 Å². The van der Waals surface area contributed by atoms with Gasteiger partial charge in [0.15, 0.2) is 0 Å². The molecule has 1 aromatic heterocycles. The molecule has 0 fully saturated rings. The second-order valence-electron chi connectivity index (χ2n) is 6.65. The zero-order chi connectivity index (χ0) is 15.6. The summed E-state index contributed by atoms with van der Waals surface area (Å²) >= 11 is 0. The number of nitrogens with one attached hydrogen (secondary N) is 3. The molecular formula is C16H24N4O. The fraction of sp³-hybridized carbons (Fsp3) is 0.500. The van der Waals surface area contributed by atoms with Gasteiger partial charge in [-0.05, 0) is 18.2 Å². The van der Waals surface area contributed by atoms with E-state index in [1.54, 1.807) is 0 Å². The molecule has 114 valence electrons. The Bertz CT molecular complexity index is 637. The van der Waals surface area contributed by atoms with E-state index in [0.29, 0.717) is 12.6 Å². The molecular weight excluding hydrogens is 264 g/mol. The Balaban J connectivity index is 2.13. The van der Waals surface area contributed by atoms with E-state index in [0.717, 1.165) is 22.5 Å². The summed E-state index contributed by atoms with van der Waals surface area (Å²) in [5.74, 6) is 0.904. The Morgan fingerprint density at radius 1 is 1.33 bits per heavy atom. The lowest BCUT2D eigenvalue weighted by Crippen LogP contribution is -2.32. The van der Waals surface area contributed by atoms with Crippen LogP contribution >= 0.6 is 0 Å². The SMILES string of the molecule is CC(C)NCC(=O)Nc1ccc2nc(C(C)(C)C)[nH]c2c1. The highest BCUT2D eigenvalue weighted by molar-refractivity contribution is 5.94. The first-order valence-corrected chi connectivity index (χ1v) is 7.29. The van der Waals surface area contributed by atoms with Crippen molar-refractivity contribution in [1.29, 1.82) is 0 Å². The Kier molecular flexibility index (Phi) is 4.32. The number of hydrogen-bond acceptors (Lipinski definition) is 3. The summed E-state index contributed by atoms with van der Waals surface area (Å²) in [6.45, 7) is 10.7. The van der Waals surface area contributed by atoms with Crippen molar-refractivity contribution in [3.63, 3.8) is 0 Å². The first-order valence-electron chi connectivity index (χ1n) is 7.29. The van der Waals surface area contributed by atoms with Crippen LogP contribution in [0.1, 0.15) is 40.4 Å². The maximum Gasteiger partial charge on any atom is 0.238 e.